The Hall–Kier alpha value is -1.93. The highest BCUT2D eigenvalue weighted by atomic mass is 32.1. The number of hydrogen-bond donors (Lipinski definition) is 0. The van der Waals surface area contributed by atoms with Crippen molar-refractivity contribution in [3.05, 3.63) is 54.9 Å². The average molecular weight is 235 g/mol. The summed E-state index contributed by atoms with van der Waals surface area (Å²) in [5, 5.41) is 5.32. The summed E-state index contributed by atoms with van der Waals surface area (Å²) in [5.74, 6) is 0. The van der Waals surface area contributed by atoms with Crippen LogP contribution in [-0.2, 0) is 0 Å². The molecule has 0 amide bonds. The van der Waals surface area contributed by atoms with Gasteiger partial charge in [-0.2, -0.15) is 0 Å². The molecule has 0 atom stereocenters. The molecule has 0 saturated carbocycles. The first-order valence-electron chi connectivity index (χ1n) is 5.57. The molecule has 2 aromatic heterocycles. The Morgan fingerprint density at radius 3 is 2.76 bits per heavy atom. The van der Waals surface area contributed by atoms with Gasteiger partial charge in [0.25, 0.3) is 0 Å². The van der Waals surface area contributed by atoms with E-state index in [1.807, 2.05) is 23.7 Å². The number of nitrogens with zero attached hydrogens (tertiary/aromatic N) is 1. The summed E-state index contributed by atoms with van der Waals surface area (Å²) in [7, 11) is 0. The topological polar surface area (TPSA) is 12.9 Å². The standard InChI is InChI=1S/C15H9NS/c1-2-4-11-10(3-1)5-6-13-15(11)12-7-8-16-9-14(12)17-13/h1-9H. The van der Waals surface area contributed by atoms with E-state index in [9.17, 15) is 0 Å². The monoisotopic (exact) mass is 235 g/mol. The third-order valence-electron chi connectivity index (χ3n) is 3.16. The van der Waals surface area contributed by atoms with Gasteiger partial charge in [-0.05, 0) is 22.9 Å². The van der Waals surface area contributed by atoms with E-state index in [-0.39, 0.29) is 0 Å². The Bertz CT molecular complexity index is 839. The van der Waals surface area contributed by atoms with E-state index in [4.69, 9.17) is 0 Å². The Labute approximate surface area is 102 Å². The van der Waals surface area contributed by atoms with Crippen LogP contribution in [0.5, 0.6) is 0 Å². The van der Waals surface area contributed by atoms with Gasteiger partial charge in [-0.1, -0.05) is 30.3 Å². The molecule has 17 heavy (non-hydrogen) atoms. The fourth-order valence-electron chi connectivity index (χ4n) is 2.40. The normalized spacial score (nSPS) is 11.5. The first-order chi connectivity index (χ1) is 8.43. The van der Waals surface area contributed by atoms with Crippen molar-refractivity contribution in [3.8, 4) is 0 Å². The fraction of sp³-hybridized carbons (Fsp3) is 0. The predicted octanol–water partition coefficient (Wildman–Crippen LogP) is 4.60. The largest absolute Gasteiger partial charge is 0.263 e. The second-order valence-electron chi connectivity index (χ2n) is 4.13. The highest BCUT2D eigenvalue weighted by Crippen LogP contribution is 2.37. The number of fused-ring (bicyclic) bond motifs is 5. The molecule has 4 aromatic rings. The fourth-order valence-corrected chi connectivity index (χ4v) is 3.49. The van der Waals surface area contributed by atoms with Crippen LogP contribution < -0.4 is 0 Å². The molecule has 2 heteroatoms. The van der Waals surface area contributed by atoms with E-state index in [1.54, 1.807) is 0 Å². The lowest BCUT2D eigenvalue weighted by atomic mass is 10.0. The van der Waals surface area contributed by atoms with Gasteiger partial charge in [-0.15, -0.1) is 11.3 Å². The summed E-state index contributed by atoms with van der Waals surface area (Å²) in [6.07, 6.45) is 3.82. The van der Waals surface area contributed by atoms with Crippen molar-refractivity contribution < 1.29 is 0 Å². The van der Waals surface area contributed by atoms with Gasteiger partial charge in [0.1, 0.15) is 0 Å². The van der Waals surface area contributed by atoms with Crippen molar-refractivity contribution in [2.75, 3.05) is 0 Å². The maximum atomic E-state index is 4.20. The number of pyridine rings is 1. The average Bonchev–Trinajstić information content (AvgIpc) is 2.77. The summed E-state index contributed by atoms with van der Waals surface area (Å²) in [5.41, 5.74) is 0. The van der Waals surface area contributed by atoms with Crippen molar-refractivity contribution in [3.63, 3.8) is 0 Å². The van der Waals surface area contributed by atoms with Gasteiger partial charge in [0.15, 0.2) is 0 Å². The van der Waals surface area contributed by atoms with Gasteiger partial charge < -0.3 is 0 Å². The van der Waals surface area contributed by atoms with E-state index < -0.39 is 0 Å². The van der Waals surface area contributed by atoms with E-state index in [0.29, 0.717) is 0 Å². The molecule has 2 heterocycles. The molecule has 80 valence electrons. The molecule has 0 radical (unpaired) electrons. The van der Waals surface area contributed by atoms with Crippen molar-refractivity contribution in [2.45, 2.75) is 0 Å². The van der Waals surface area contributed by atoms with Crippen LogP contribution in [0.1, 0.15) is 0 Å². The van der Waals surface area contributed by atoms with E-state index >= 15 is 0 Å². The lowest BCUT2D eigenvalue weighted by molar-refractivity contribution is 1.38. The zero-order valence-corrected chi connectivity index (χ0v) is 9.87. The molecule has 0 aliphatic rings. The lowest BCUT2D eigenvalue weighted by Gasteiger charge is -1.99. The molecular weight excluding hydrogens is 226 g/mol. The van der Waals surface area contributed by atoms with Crippen LogP contribution in [0.4, 0.5) is 0 Å². The van der Waals surface area contributed by atoms with Crippen molar-refractivity contribution in [2.24, 2.45) is 0 Å². The summed E-state index contributed by atoms with van der Waals surface area (Å²) < 4.78 is 2.60. The Morgan fingerprint density at radius 2 is 1.76 bits per heavy atom. The highest BCUT2D eigenvalue weighted by molar-refractivity contribution is 7.26. The van der Waals surface area contributed by atoms with Crippen molar-refractivity contribution in [1.82, 2.24) is 4.98 Å². The molecule has 0 fully saturated rings. The summed E-state index contributed by atoms with van der Waals surface area (Å²) >= 11 is 1.81. The first kappa shape index (κ1) is 9.14. The number of rotatable bonds is 0. The molecule has 0 bridgehead atoms. The molecule has 0 saturated heterocycles. The molecule has 0 unspecified atom stereocenters. The van der Waals surface area contributed by atoms with Gasteiger partial charge >= 0.3 is 0 Å². The molecule has 2 aromatic carbocycles. The summed E-state index contributed by atoms with van der Waals surface area (Å²) in [4.78, 5) is 4.20. The first-order valence-corrected chi connectivity index (χ1v) is 6.39. The summed E-state index contributed by atoms with van der Waals surface area (Å²) in [6, 6.07) is 15.1. The second kappa shape index (κ2) is 3.28. The van der Waals surface area contributed by atoms with Gasteiger partial charge in [0, 0.05) is 27.9 Å². The number of hydrogen-bond acceptors (Lipinski definition) is 2. The maximum Gasteiger partial charge on any atom is 0.0538 e. The molecule has 0 N–H and O–H groups in total. The molecule has 0 spiro atoms. The zero-order chi connectivity index (χ0) is 11.2. The maximum absolute atomic E-state index is 4.20. The van der Waals surface area contributed by atoms with Crippen LogP contribution in [0.25, 0.3) is 30.9 Å². The minimum Gasteiger partial charge on any atom is -0.263 e. The zero-order valence-electron chi connectivity index (χ0n) is 9.05. The number of thiophene rings is 1. The van der Waals surface area contributed by atoms with Crippen LogP contribution >= 0.6 is 11.3 Å². The predicted molar refractivity (Wildman–Crippen MR) is 74.6 cm³/mol. The van der Waals surface area contributed by atoms with Crippen LogP contribution in [0.15, 0.2) is 54.9 Å². The van der Waals surface area contributed by atoms with E-state index in [2.05, 4.69) is 47.4 Å². The Balaban J connectivity index is 2.38. The molecule has 0 aliphatic heterocycles. The van der Waals surface area contributed by atoms with Gasteiger partial charge in [0.05, 0.1) is 4.70 Å². The minimum atomic E-state index is 1.26. The molecule has 0 aliphatic carbocycles. The lowest BCUT2D eigenvalue weighted by Crippen LogP contribution is -1.73. The smallest absolute Gasteiger partial charge is 0.0538 e. The third-order valence-corrected chi connectivity index (χ3v) is 4.27. The third kappa shape index (κ3) is 1.22. The highest BCUT2D eigenvalue weighted by Gasteiger charge is 2.07. The van der Waals surface area contributed by atoms with Crippen LogP contribution in [0.3, 0.4) is 0 Å². The van der Waals surface area contributed by atoms with Crippen LogP contribution in [-0.4, -0.2) is 4.98 Å². The van der Waals surface area contributed by atoms with Gasteiger partial charge in [-0.25, -0.2) is 0 Å². The number of aromatic nitrogens is 1. The van der Waals surface area contributed by atoms with Crippen LogP contribution in [0.2, 0.25) is 0 Å². The Kier molecular flexibility index (Phi) is 1.76. The molecule has 4 rings (SSSR count). The van der Waals surface area contributed by atoms with Crippen molar-refractivity contribution in [1.29, 1.82) is 0 Å². The van der Waals surface area contributed by atoms with Gasteiger partial charge in [0.2, 0.25) is 0 Å². The summed E-state index contributed by atoms with van der Waals surface area (Å²) in [6.45, 7) is 0. The minimum absolute atomic E-state index is 1.26. The van der Waals surface area contributed by atoms with Crippen molar-refractivity contribution >= 4 is 42.3 Å². The quantitative estimate of drug-likeness (QED) is 0.434. The van der Waals surface area contributed by atoms with E-state index in [0.717, 1.165) is 0 Å². The number of benzene rings is 2. The Morgan fingerprint density at radius 1 is 0.824 bits per heavy atom. The van der Waals surface area contributed by atoms with Crippen LogP contribution in [0, 0.1) is 0 Å². The van der Waals surface area contributed by atoms with E-state index in [1.165, 1.54) is 30.9 Å². The SMILES string of the molecule is c1ccc2c(c1)ccc1sc3cnccc3c12. The second-order valence-corrected chi connectivity index (χ2v) is 5.22. The van der Waals surface area contributed by atoms with Gasteiger partial charge in [-0.3, -0.25) is 4.98 Å². The molecule has 1 nitrogen and oxygen atoms in total. The molecular formula is C15H9NS.